The monoisotopic (exact) mass is 218 g/mol. The highest BCUT2D eigenvalue weighted by molar-refractivity contribution is 6.30. The van der Waals surface area contributed by atoms with Crippen LogP contribution in [0.5, 0.6) is 0 Å². The number of nitrogens with two attached hydrogens (primary N) is 1. The predicted octanol–water partition coefficient (Wildman–Crippen LogP) is 2.78. The quantitative estimate of drug-likeness (QED) is 0.842. The molecule has 2 N–H and O–H groups in total. The summed E-state index contributed by atoms with van der Waals surface area (Å²) in [5.41, 5.74) is 8.12. The third kappa shape index (κ3) is 2.35. The van der Waals surface area contributed by atoms with Crippen molar-refractivity contribution < 1.29 is 0 Å². The molecule has 1 aromatic heterocycles. The number of rotatable bonds is 2. The highest BCUT2D eigenvalue weighted by atomic mass is 35.5. The summed E-state index contributed by atoms with van der Waals surface area (Å²) in [6.45, 7) is 0. The Labute approximate surface area is 93.7 Å². The van der Waals surface area contributed by atoms with Gasteiger partial charge in [0.15, 0.2) is 0 Å². The van der Waals surface area contributed by atoms with Crippen molar-refractivity contribution in [3.63, 3.8) is 0 Å². The molecule has 0 radical (unpaired) electrons. The van der Waals surface area contributed by atoms with Crippen LogP contribution in [0.1, 0.15) is 17.2 Å². The zero-order chi connectivity index (χ0) is 10.7. The first-order valence-corrected chi connectivity index (χ1v) is 5.06. The molecule has 2 aromatic rings. The summed E-state index contributed by atoms with van der Waals surface area (Å²) in [6.07, 6.45) is 3.51. The molecular weight excluding hydrogens is 208 g/mol. The third-order valence-corrected chi connectivity index (χ3v) is 2.52. The maximum Gasteiger partial charge on any atom is 0.0566 e. The molecule has 1 aromatic carbocycles. The topological polar surface area (TPSA) is 38.9 Å². The molecule has 0 aliphatic carbocycles. The van der Waals surface area contributed by atoms with E-state index in [0.29, 0.717) is 0 Å². The fourth-order valence-corrected chi connectivity index (χ4v) is 1.55. The van der Waals surface area contributed by atoms with E-state index in [1.165, 1.54) is 0 Å². The molecular formula is C12H11ClN2. The Morgan fingerprint density at radius 2 is 1.80 bits per heavy atom. The summed E-state index contributed by atoms with van der Waals surface area (Å²) in [4.78, 5) is 4.04. The second-order valence-electron chi connectivity index (χ2n) is 3.32. The number of pyridine rings is 1. The number of hydrogen-bond acceptors (Lipinski definition) is 2. The molecule has 15 heavy (non-hydrogen) atoms. The van der Waals surface area contributed by atoms with E-state index in [4.69, 9.17) is 17.3 Å². The first-order chi connectivity index (χ1) is 7.27. The largest absolute Gasteiger partial charge is 0.320 e. The maximum atomic E-state index is 6.08. The second kappa shape index (κ2) is 4.43. The van der Waals surface area contributed by atoms with Crippen LogP contribution in [-0.4, -0.2) is 4.98 Å². The Kier molecular flexibility index (Phi) is 2.99. The summed E-state index contributed by atoms with van der Waals surface area (Å²) in [5.74, 6) is 0. The van der Waals surface area contributed by atoms with Gasteiger partial charge in [0.1, 0.15) is 0 Å². The van der Waals surface area contributed by atoms with Crippen molar-refractivity contribution >= 4 is 11.6 Å². The first-order valence-electron chi connectivity index (χ1n) is 4.68. The standard InChI is InChI=1S/C12H11ClN2/c13-11-5-3-9(4-6-11)12(14)10-2-1-7-15-8-10/h1-8,12H,14H2/t12-/m0/s1. The van der Waals surface area contributed by atoms with E-state index in [1.54, 1.807) is 12.4 Å². The molecule has 0 saturated heterocycles. The summed E-state index contributed by atoms with van der Waals surface area (Å²) in [6, 6.07) is 11.2. The van der Waals surface area contributed by atoms with Crippen molar-refractivity contribution in [3.05, 3.63) is 64.9 Å². The fraction of sp³-hybridized carbons (Fsp3) is 0.0833. The molecule has 1 heterocycles. The molecule has 2 nitrogen and oxygen atoms in total. The van der Waals surface area contributed by atoms with Gasteiger partial charge in [-0.1, -0.05) is 29.8 Å². The molecule has 0 unspecified atom stereocenters. The van der Waals surface area contributed by atoms with Gasteiger partial charge < -0.3 is 5.73 Å². The SMILES string of the molecule is N[C@@H](c1ccc(Cl)cc1)c1cccnc1. The van der Waals surface area contributed by atoms with Gasteiger partial charge in [-0.05, 0) is 29.3 Å². The number of halogens is 1. The lowest BCUT2D eigenvalue weighted by Crippen LogP contribution is -2.11. The first kappa shape index (κ1) is 10.1. The average Bonchev–Trinajstić information content (AvgIpc) is 2.30. The van der Waals surface area contributed by atoms with Crippen molar-refractivity contribution in [2.24, 2.45) is 5.73 Å². The number of aromatic nitrogens is 1. The molecule has 2 rings (SSSR count). The fourth-order valence-electron chi connectivity index (χ4n) is 1.42. The van der Waals surface area contributed by atoms with Crippen LogP contribution in [0.15, 0.2) is 48.8 Å². The Morgan fingerprint density at radius 3 is 2.40 bits per heavy atom. The van der Waals surface area contributed by atoms with Gasteiger partial charge in [0.25, 0.3) is 0 Å². The number of nitrogens with zero attached hydrogens (tertiary/aromatic N) is 1. The van der Waals surface area contributed by atoms with E-state index in [1.807, 2.05) is 36.4 Å². The van der Waals surface area contributed by atoms with Crippen molar-refractivity contribution in [1.82, 2.24) is 4.98 Å². The van der Waals surface area contributed by atoms with Crippen LogP contribution in [0, 0.1) is 0 Å². The lowest BCUT2D eigenvalue weighted by atomic mass is 10.0. The number of hydrogen-bond donors (Lipinski definition) is 1. The average molecular weight is 219 g/mol. The summed E-state index contributed by atoms with van der Waals surface area (Å²) in [7, 11) is 0. The van der Waals surface area contributed by atoms with Crippen molar-refractivity contribution in [1.29, 1.82) is 0 Å². The van der Waals surface area contributed by atoms with E-state index < -0.39 is 0 Å². The van der Waals surface area contributed by atoms with Gasteiger partial charge in [0.2, 0.25) is 0 Å². The molecule has 76 valence electrons. The van der Waals surface area contributed by atoms with E-state index >= 15 is 0 Å². The van der Waals surface area contributed by atoms with E-state index in [-0.39, 0.29) is 6.04 Å². The molecule has 0 amide bonds. The van der Waals surface area contributed by atoms with Gasteiger partial charge in [0, 0.05) is 17.4 Å². The molecule has 0 saturated carbocycles. The van der Waals surface area contributed by atoms with Gasteiger partial charge in [-0.15, -0.1) is 0 Å². The summed E-state index contributed by atoms with van der Waals surface area (Å²) in [5, 5.41) is 0.720. The van der Waals surface area contributed by atoms with E-state index in [2.05, 4.69) is 4.98 Å². The van der Waals surface area contributed by atoms with Crippen LogP contribution in [0.2, 0.25) is 5.02 Å². The normalized spacial score (nSPS) is 12.4. The van der Waals surface area contributed by atoms with E-state index in [9.17, 15) is 0 Å². The Morgan fingerprint density at radius 1 is 1.07 bits per heavy atom. The second-order valence-corrected chi connectivity index (χ2v) is 3.75. The molecule has 0 spiro atoms. The lowest BCUT2D eigenvalue weighted by molar-refractivity contribution is 0.863. The zero-order valence-electron chi connectivity index (χ0n) is 8.10. The van der Waals surface area contributed by atoms with Crippen LogP contribution in [-0.2, 0) is 0 Å². The van der Waals surface area contributed by atoms with Gasteiger partial charge in [0.05, 0.1) is 6.04 Å². The minimum absolute atomic E-state index is 0.143. The Bertz CT molecular complexity index is 425. The summed E-state index contributed by atoms with van der Waals surface area (Å²) >= 11 is 5.81. The van der Waals surface area contributed by atoms with Gasteiger partial charge in [-0.3, -0.25) is 4.98 Å². The lowest BCUT2D eigenvalue weighted by Gasteiger charge is -2.11. The van der Waals surface area contributed by atoms with Crippen LogP contribution < -0.4 is 5.73 Å². The molecule has 0 aliphatic heterocycles. The third-order valence-electron chi connectivity index (χ3n) is 2.27. The van der Waals surface area contributed by atoms with Gasteiger partial charge in [-0.25, -0.2) is 0 Å². The minimum atomic E-state index is -0.143. The molecule has 3 heteroatoms. The van der Waals surface area contributed by atoms with Crippen LogP contribution in [0.4, 0.5) is 0 Å². The van der Waals surface area contributed by atoms with Crippen LogP contribution in [0.25, 0.3) is 0 Å². The molecule has 1 atom stereocenters. The highest BCUT2D eigenvalue weighted by Crippen LogP contribution is 2.20. The summed E-state index contributed by atoms with van der Waals surface area (Å²) < 4.78 is 0. The maximum absolute atomic E-state index is 6.08. The van der Waals surface area contributed by atoms with Crippen LogP contribution >= 0.6 is 11.6 Å². The van der Waals surface area contributed by atoms with Crippen molar-refractivity contribution in [3.8, 4) is 0 Å². The van der Waals surface area contributed by atoms with Crippen LogP contribution in [0.3, 0.4) is 0 Å². The van der Waals surface area contributed by atoms with Crippen molar-refractivity contribution in [2.45, 2.75) is 6.04 Å². The highest BCUT2D eigenvalue weighted by Gasteiger charge is 2.07. The number of benzene rings is 1. The van der Waals surface area contributed by atoms with Crippen molar-refractivity contribution in [2.75, 3.05) is 0 Å². The van der Waals surface area contributed by atoms with Gasteiger partial charge >= 0.3 is 0 Å². The molecule has 0 fully saturated rings. The molecule has 0 aliphatic rings. The Hall–Kier alpha value is -1.38. The smallest absolute Gasteiger partial charge is 0.0566 e. The van der Waals surface area contributed by atoms with Gasteiger partial charge in [-0.2, -0.15) is 0 Å². The molecule has 0 bridgehead atoms. The van der Waals surface area contributed by atoms with E-state index in [0.717, 1.165) is 16.1 Å². The minimum Gasteiger partial charge on any atom is -0.320 e. The Balaban J connectivity index is 2.29. The zero-order valence-corrected chi connectivity index (χ0v) is 8.85. The predicted molar refractivity (Wildman–Crippen MR) is 61.7 cm³/mol.